The first-order chi connectivity index (χ1) is 8.50. The molecule has 5 nitrogen and oxygen atoms in total. The second-order valence-electron chi connectivity index (χ2n) is 4.19. The molecule has 0 bridgehead atoms. The van der Waals surface area contributed by atoms with Crippen LogP contribution < -0.4 is 5.32 Å². The van der Waals surface area contributed by atoms with Crippen LogP contribution in [0.4, 0.5) is 5.82 Å². The van der Waals surface area contributed by atoms with Crippen LogP contribution in [0, 0.1) is 0 Å². The lowest BCUT2D eigenvalue weighted by Crippen LogP contribution is -2.33. The van der Waals surface area contributed by atoms with Gasteiger partial charge in [0.1, 0.15) is 10.7 Å². The van der Waals surface area contributed by atoms with E-state index in [1.165, 1.54) is 0 Å². The van der Waals surface area contributed by atoms with Crippen LogP contribution in [0.5, 0.6) is 0 Å². The lowest BCUT2D eigenvalue weighted by molar-refractivity contribution is 0.421. The Kier molecular flexibility index (Phi) is 3.93. The number of anilines is 1. The van der Waals surface area contributed by atoms with Gasteiger partial charge in [0.15, 0.2) is 0 Å². The van der Waals surface area contributed by atoms with E-state index in [4.69, 9.17) is 0 Å². The largest absolute Gasteiger partial charge is 0.372 e. The van der Waals surface area contributed by atoms with Crippen LogP contribution in [0.15, 0.2) is 21.6 Å². The predicted molar refractivity (Wildman–Crippen MR) is 74.1 cm³/mol. The zero-order valence-corrected chi connectivity index (χ0v) is 12.8. The topological polar surface area (TPSA) is 62.3 Å². The van der Waals surface area contributed by atoms with E-state index in [9.17, 15) is 8.42 Å². The molecule has 1 aromatic rings. The van der Waals surface area contributed by atoms with Crippen molar-refractivity contribution in [3.63, 3.8) is 0 Å². The molecule has 0 aromatic carbocycles. The SMILES string of the molecule is CCN(C1CC1)S(=O)(=O)c1cc(Br)cnc1NC. The standard InChI is InChI=1S/C11H16BrN3O2S/c1-3-15(9-4-5-9)18(16,17)10-6-8(12)7-14-11(10)13-2/h6-7,9H,3-5H2,1-2H3,(H,13,14). The minimum Gasteiger partial charge on any atom is -0.372 e. The number of aromatic nitrogens is 1. The Morgan fingerprint density at radius 1 is 1.56 bits per heavy atom. The molecule has 0 radical (unpaired) electrons. The van der Waals surface area contributed by atoms with Gasteiger partial charge >= 0.3 is 0 Å². The summed E-state index contributed by atoms with van der Waals surface area (Å²) in [5, 5.41) is 2.83. The fourth-order valence-corrected chi connectivity index (χ4v) is 4.27. The van der Waals surface area contributed by atoms with Gasteiger partial charge in [-0.05, 0) is 34.8 Å². The summed E-state index contributed by atoms with van der Waals surface area (Å²) >= 11 is 3.27. The fraction of sp³-hybridized carbons (Fsp3) is 0.545. The van der Waals surface area contributed by atoms with Crippen LogP contribution in [-0.4, -0.2) is 37.3 Å². The highest BCUT2D eigenvalue weighted by Crippen LogP contribution is 2.34. The number of halogens is 1. The molecule has 0 aliphatic heterocycles. The molecule has 1 aliphatic carbocycles. The van der Waals surface area contributed by atoms with Gasteiger partial charge in [-0.1, -0.05) is 6.92 Å². The van der Waals surface area contributed by atoms with E-state index in [-0.39, 0.29) is 10.9 Å². The molecule has 1 aliphatic rings. The summed E-state index contributed by atoms with van der Waals surface area (Å²) < 4.78 is 27.4. The van der Waals surface area contributed by atoms with Crippen LogP contribution in [0.1, 0.15) is 19.8 Å². The minimum absolute atomic E-state index is 0.156. The van der Waals surface area contributed by atoms with Gasteiger partial charge in [0, 0.05) is 30.3 Å². The van der Waals surface area contributed by atoms with Gasteiger partial charge in [0.2, 0.25) is 10.0 Å². The third kappa shape index (κ3) is 2.53. The zero-order chi connectivity index (χ0) is 13.3. The Morgan fingerprint density at radius 3 is 2.72 bits per heavy atom. The van der Waals surface area contributed by atoms with Crippen LogP contribution >= 0.6 is 15.9 Å². The van der Waals surface area contributed by atoms with Gasteiger partial charge in [-0.3, -0.25) is 0 Å². The number of hydrogen-bond acceptors (Lipinski definition) is 4. The third-order valence-electron chi connectivity index (χ3n) is 2.91. The number of nitrogens with zero attached hydrogens (tertiary/aromatic N) is 2. The highest BCUT2D eigenvalue weighted by atomic mass is 79.9. The monoisotopic (exact) mass is 333 g/mol. The first-order valence-corrected chi connectivity index (χ1v) is 8.09. The minimum atomic E-state index is -3.47. The Bertz CT molecular complexity index is 543. The molecule has 0 spiro atoms. The van der Waals surface area contributed by atoms with Gasteiger partial charge in [0.25, 0.3) is 0 Å². The van der Waals surface area contributed by atoms with Crippen molar-refractivity contribution < 1.29 is 8.42 Å². The summed E-state index contributed by atoms with van der Waals surface area (Å²) in [6, 6.07) is 1.75. The predicted octanol–water partition coefficient (Wildman–Crippen LogP) is 2.06. The Labute approximate surface area is 116 Å². The van der Waals surface area contributed by atoms with E-state index in [2.05, 4.69) is 26.2 Å². The zero-order valence-electron chi connectivity index (χ0n) is 10.4. The molecule has 100 valence electrons. The first-order valence-electron chi connectivity index (χ1n) is 5.85. The molecule has 2 rings (SSSR count). The summed E-state index contributed by atoms with van der Waals surface area (Å²) in [7, 11) is -1.81. The molecule has 0 saturated heterocycles. The average molecular weight is 334 g/mol. The molecular formula is C11H16BrN3O2S. The average Bonchev–Trinajstić information content (AvgIpc) is 3.14. The maximum Gasteiger partial charge on any atom is 0.247 e. The van der Waals surface area contributed by atoms with Crippen molar-refractivity contribution in [1.82, 2.24) is 9.29 Å². The lowest BCUT2D eigenvalue weighted by Gasteiger charge is -2.21. The highest BCUT2D eigenvalue weighted by molar-refractivity contribution is 9.10. The quantitative estimate of drug-likeness (QED) is 0.895. The van der Waals surface area contributed by atoms with E-state index in [0.717, 1.165) is 12.8 Å². The molecule has 1 N–H and O–H groups in total. The fourth-order valence-electron chi connectivity index (χ4n) is 1.92. The van der Waals surface area contributed by atoms with Crippen molar-refractivity contribution in [3.05, 3.63) is 16.7 Å². The molecule has 0 amide bonds. The lowest BCUT2D eigenvalue weighted by atomic mass is 10.4. The van der Waals surface area contributed by atoms with E-state index in [1.54, 1.807) is 23.6 Å². The first kappa shape index (κ1) is 13.8. The molecule has 0 atom stereocenters. The van der Waals surface area contributed by atoms with Crippen molar-refractivity contribution >= 4 is 31.8 Å². The summed E-state index contributed by atoms with van der Waals surface area (Å²) in [6.45, 7) is 2.35. The van der Waals surface area contributed by atoms with Crippen molar-refractivity contribution in [2.45, 2.75) is 30.7 Å². The van der Waals surface area contributed by atoms with Crippen molar-refractivity contribution in [2.75, 3.05) is 18.9 Å². The number of hydrogen-bond donors (Lipinski definition) is 1. The molecule has 1 saturated carbocycles. The Morgan fingerprint density at radius 2 is 2.22 bits per heavy atom. The smallest absolute Gasteiger partial charge is 0.247 e. The summed E-state index contributed by atoms with van der Waals surface area (Å²) in [5.74, 6) is 0.386. The maximum atomic E-state index is 12.6. The third-order valence-corrected chi connectivity index (χ3v) is 5.38. The van der Waals surface area contributed by atoms with E-state index in [0.29, 0.717) is 16.8 Å². The molecule has 1 fully saturated rings. The molecular weight excluding hydrogens is 318 g/mol. The number of sulfonamides is 1. The van der Waals surface area contributed by atoms with Crippen LogP contribution in [0.25, 0.3) is 0 Å². The van der Waals surface area contributed by atoms with Gasteiger partial charge < -0.3 is 5.32 Å². The van der Waals surface area contributed by atoms with Crippen molar-refractivity contribution in [3.8, 4) is 0 Å². The van der Waals surface area contributed by atoms with Crippen molar-refractivity contribution in [1.29, 1.82) is 0 Å². The normalized spacial score (nSPS) is 16.0. The van der Waals surface area contributed by atoms with Crippen LogP contribution in [0.3, 0.4) is 0 Å². The maximum absolute atomic E-state index is 12.6. The number of pyridine rings is 1. The molecule has 0 unspecified atom stereocenters. The molecule has 1 aromatic heterocycles. The highest BCUT2D eigenvalue weighted by Gasteiger charge is 2.38. The van der Waals surface area contributed by atoms with Gasteiger partial charge in [0.05, 0.1) is 0 Å². The van der Waals surface area contributed by atoms with E-state index < -0.39 is 10.0 Å². The summed E-state index contributed by atoms with van der Waals surface area (Å²) in [6.07, 6.45) is 3.48. The molecule has 7 heteroatoms. The Hall–Kier alpha value is -0.660. The van der Waals surface area contributed by atoms with Crippen LogP contribution in [0.2, 0.25) is 0 Å². The summed E-state index contributed by atoms with van der Waals surface area (Å²) in [4.78, 5) is 4.33. The second-order valence-corrected chi connectivity index (χ2v) is 6.96. The van der Waals surface area contributed by atoms with E-state index >= 15 is 0 Å². The van der Waals surface area contributed by atoms with Crippen LogP contribution in [-0.2, 0) is 10.0 Å². The van der Waals surface area contributed by atoms with E-state index in [1.807, 2.05) is 6.92 Å². The van der Waals surface area contributed by atoms with Gasteiger partial charge in [-0.25, -0.2) is 13.4 Å². The second kappa shape index (κ2) is 5.14. The summed E-state index contributed by atoms with van der Waals surface area (Å²) in [5.41, 5.74) is 0. The number of rotatable bonds is 5. The van der Waals surface area contributed by atoms with Gasteiger partial charge in [-0.15, -0.1) is 0 Å². The number of nitrogens with one attached hydrogen (secondary N) is 1. The molecule has 18 heavy (non-hydrogen) atoms. The van der Waals surface area contributed by atoms with Gasteiger partial charge in [-0.2, -0.15) is 4.31 Å². The molecule has 1 heterocycles. The Balaban J connectivity index is 2.48. The van der Waals surface area contributed by atoms with Crippen molar-refractivity contribution in [2.24, 2.45) is 0 Å².